The Hall–Kier alpha value is -2.30. The van der Waals surface area contributed by atoms with E-state index in [2.05, 4.69) is 54.8 Å². The van der Waals surface area contributed by atoms with E-state index < -0.39 is 51.1 Å². The van der Waals surface area contributed by atoms with E-state index in [4.69, 9.17) is 24.8 Å². The lowest BCUT2D eigenvalue weighted by Crippen LogP contribution is -2.34. The molecule has 0 radical (unpaired) electrons. The predicted molar refractivity (Wildman–Crippen MR) is 240 cm³/mol. The minimum absolute atomic E-state index is 0.151. The first-order valence-corrected chi connectivity index (χ1v) is 25.0. The van der Waals surface area contributed by atoms with Gasteiger partial charge in [0.25, 0.3) is 0 Å². The lowest BCUT2D eigenvalue weighted by atomic mass is 10.1. The van der Waals surface area contributed by atoms with Crippen LogP contribution < -0.4 is 5.73 Å². The molecule has 0 saturated heterocycles. The topological polar surface area (TPSA) is 172 Å². The summed E-state index contributed by atoms with van der Waals surface area (Å²) in [5, 5.41) is 8.90. The van der Waals surface area contributed by atoms with E-state index in [1.165, 1.54) is 103 Å². The lowest BCUT2D eigenvalue weighted by molar-refractivity contribution is -0.161. The molecule has 0 aromatic heterocycles. The maximum atomic E-state index is 12.6. The number of carbonyl (C=O) groups is 3. The number of esters is 2. The number of carboxylic acid groups (broad SMARTS) is 1. The molecule has 0 fully saturated rings. The standard InChI is InChI=1S/C47H86NO10P/c1-3-5-7-9-11-13-15-17-19-21-22-23-25-26-28-30-32-34-36-38-45(49)55-40-43(41-56-59(53,54)57-42-44(48)47(51)52)58-46(50)39-37-35-33-31-29-27-24-20-18-16-14-12-10-8-6-4-2/h11,13,17,19-20,24,43-44H,3-10,12,14-16,18,21-23,25-42,48H2,1-2H3,(H,51,52)(H,53,54)/b13-11-,19-17-,24-20-/t43-,44+/m1/s1. The van der Waals surface area contributed by atoms with Crippen molar-refractivity contribution in [1.82, 2.24) is 0 Å². The van der Waals surface area contributed by atoms with Crippen LogP contribution >= 0.6 is 7.82 Å². The van der Waals surface area contributed by atoms with Crippen LogP contribution in [-0.2, 0) is 37.5 Å². The number of rotatable bonds is 44. The van der Waals surface area contributed by atoms with Gasteiger partial charge in [0.15, 0.2) is 6.10 Å². The number of ether oxygens (including phenoxy) is 2. The van der Waals surface area contributed by atoms with Crippen molar-refractivity contribution in [3.63, 3.8) is 0 Å². The van der Waals surface area contributed by atoms with Crippen LogP contribution in [0.2, 0.25) is 0 Å². The van der Waals surface area contributed by atoms with Crippen molar-refractivity contribution in [3.05, 3.63) is 36.5 Å². The van der Waals surface area contributed by atoms with Crippen molar-refractivity contribution in [2.75, 3.05) is 19.8 Å². The smallest absolute Gasteiger partial charge is 0.472 e. The van der Waals surface area contributed by atoms with Crippen molar-refractivity contribution in [1.29, 1.82) is 0 Å². The fourth-order valence-corrected chi connectivity index (χ4v) is 7.16. The molecule has 0 amide bonds. The molecule has 0 aliphatic rings. The number of nitrogens with two attached hydrogens (primary N) is 1. The summed E-state index contributed by atoms with van der Waals surface area (Å²) >= 11 is 0. The molecule has 0 spiro atoms. The Morgan fingerprint density at radius 2 is 0.898 bits per heavy atom. The number of phosphoric ester groups is 1. The van der Waals surface area contributed by atoms with Gasteiger partial charge in [0.05, 0.1) is 13.2 Å². The number of carbonyl (C=O) groups excluding carboxylic acids is 2. The molecule has 11 nitrogen and oxygen atoms in total. The fraction of sp³-hybridized carbons (Fsp3) is 0.809. The highest BCUT2D eigenvalue weighted by Crippen LogP contribution is 2.43. The SMILES string of the molecule is CCCCC/C=C\C/C=C\CCCCCCCCCCCC(=O)OC[C@H](COP(=O)(O)OC[C@H](N)C(=O)O)OC(=O)CCCCCCC/C=C\CCCCCCCCC. The fourth-order valence-electron chi connectivity index (χ4n) is 6.38. The number of hydrogen-bond acceptors (Lipinski definition) is 9. The molecule has 0 aliphatic carbocycles. The van der Waals surface area contributed by atoms with Crippen molar-refractivity contribution in [2.45, 2.75) is 225 Å². The summed E-state index contributed by atoms with van der Waals surface area (Å²) in [5.74, 6) is -2.39. The molecule has 0 aromatic rings. The zero-order valence-electron chi connectivity index (χ0n) is 37.3. The van der Waals surface area contributed by atoms with Gasteiger partial charge in [-0.1, -0.05) is 166 Å². The summed E-state index contributed by atoms with van der Waals surface area (Å²) in [5.41, 5.74) is 5.34. The molecular weight excluding hydrogens is 769 g/mol. The maximum absolute atomic E-state index is 12.6. The van der Waals surface area contributed by atoms with Crippen molar-refractivity contribution < 1.29 is 47.5 Å². The van der Waals surface area contributed by atoms with Crippen LogP contribution in [0.1, 0.15) is 213 Å². The molecule has 0 aliphatic heterocycles. The Labute approximate surface area is 359 Å². The molecule has 0 bridgehead atoms. The monoisotopic (exact) mass is 856 g/mol. The van der Waals surface area contributed by atoms with Crippen molar-refractivity contribution in [3.8, 4) is 0 Å². The van der Waals surface area contributed by atoms with Crippen LogP contribution in [0.4, 0.5) is 0 Å². The summed E-state index contributed by atoms with van der Waals surface area (Å²) in [7, 11) is -4.72. The lowest BCUT2D eigenvalue weighted by Gasteiger charge is -2.20. The summed E-state index contributed by atoms with van der Waals surface area (Å²) in [4.78, 5) is 46.0. The second-order valence-corrected chi connectivity index (χ2v) is 17.3. The van der Waals surface area contributed by atoms with Gasteiger partial charge in [-0.3, -0.25) is 23.4 Å². The van der Waals surface area contributed by atoms with Gasteiger partial charge in [-0.2, -0.15) is 0 Å². The van der Waals surface area contributed by atoms with E-state index in [0.717, 1.165) is 70.6 Å². The zero-order chi connectivity index (χ0) is 43.5. The first-order valence-electron chi connectivity index (χ1n) is 23.5. The van der Waals surface area contributed by atoms with Gasteiger partial charge >= 0.3 is 25.7 Å². The second kappa shape index (κ2) is 42.4. The normalized spacial score (nSPS) is 14.0. The molecule has 0 aromatic carbocycles. The van der Waals surface area contributed by atoms with E-state index in [9.17, 15) is 23.8 Å². The third kappa shape index (κ3) is 42.2. The Morgan fingerprint density at radius 1 is 0.525 bits per heavy atom. The van der Waals surface area contributed by atoms with Gasteiger partial charge in [-0.05, 0) is 70.6 Å². The molecule has 0 heterocycles. The third-order valence-corrected chi connectivity index (χ3v) is 11.1. The molecule has 0 rings (SSSR count). The van der Waals surface area contributed by atoms with Gasteiger partial charge in [-0.15, -0.1) is 0 Å². The Morgan fingerprint density at radius 3 is 1.37 bits per heavy atom. The Kier molecular flexibility index (Phi) is 40.7. The van der Waals surface area contributed by atoms with Gasteiger partial charge in [-0.25, -0.2) is 4.57 Å². The minimum atomic E-state index is -4.72. The number of hydrogen-bond donors (Lipinski definition) is 3. The molecular formula is C47H86NO10P. The average molecular weight is 856 g/mol. The van der Waals surface area contributed by atoms with Crippen LogP contribution in [0.5, 0.6) is 0 Å². The minimum Gasteiger partial charge on any atom is -0.480 e. The average Bonchev–Trinajstić information content (AvgIpc) is 3.21. The van der Waals surface area contributed by atoms with Crippen molar-refractivity contribution >= 4 is 25.7 Å². The highest BCUT2D eigenvalue weighted by atomic mass is 31.2. The van der Waals surface area contributed by atoms with Crippen LogP contribution in [-0.4, -0.2) is 59.9 Å². The third-order valence-electron chi connectivity index (χ3n) is 10.1. The predicted octanol–water partition coefficient (Wildman–Crippen LogP) is 12.8. The highest BCUT2D eigenvalue weighted by molar-refractivity contribution is 7.47. The summed E-state index contributed by atoms with van der Waals surface area (Å²) in [6.45, 7) is 2.78. The van der Waals surface area contributed by atoms with Crippen LogP contribution in [0, 0.1) is 0 Å². The van der Waals surface area contributed by atoms with E-state index in [1.807, 2.05) is 0 Å². The van der Waals surface area contributed by atoms with Crippen LogP contribution in [0.25, 0.3) is 0 Å². The molecule has 12 heteroatoms. The number of aliphatic carboxylic acids is 1. The van der Waals surface area contributed by atoms with Crippen molar-refractivity contribution in [2.24, 2.45) is 5.73 Å². The molecule has 3 atom stereocenters. The van der Waals surface area contributed by atoms with E-state index >= 15 is 0 Å². The van der Waals surface area contributed by atoms with Gasteiger partial charge in [0.1, 0.15) is 12.6 Å². The zero-order valence-corrected chi connectivity index (χ0v) is 38.2. The van der Waals surface area contributed by atoms with Crippen LogP contribution in [0.15, 0.2) is 36.5 Å². The summed E-state index contributed by atoms with van der Waals surface area (Å²) < 4.78 is 32.8. The van der Waals surface area contributed by atoms with E-state index in [1.54, 1.807) is 0 Å². The number of phosphoric acid groups is 1. The first kappa shape index (κ1) is 56.7. The molecule has 0 saturated carbocycles. The number of carboxylic acids is 1. The van der Waals surface area contributed by atoms with E-state index in [-0.39, 0.29) is 19.4 Å². The number of unbranched alkanes of at least 4 members (excludes halogenated alkanes) is 24. The molecule has 1 unspecified atom stereocenters. The van der Waals surface area contributed by atoms with Crippen LogP contribution in [0.3, 0.4) is 0 Å². The largest absolute Gasteiger partial charge is 0.480 e. The van der Waals surface area contributed by atoms with Gasteiger partial charge in [0.2, 0.25) is 0 Å². The highest BCUT2D eigenvalue weighted by Gasteiger charge is 2.28. The van der Waals surface area contributed by atoms with Gasteiger partial charge in [0, 0.05) is 12.8 Å². The Balaban J connectivity index is 4.31. The van der Waals surface area contributed by atoms with Gasteiger partial charge < -0.3 is 25.2 Å². The number of allylic oxidation sites excluding steroid dienone is 6. The second-order valence-electron chi connectivity index (χ2n) is 15.9. The first-order chi connectivity index (χ1) is 28.6. The van der Waals surface area contributed by atoms with E-state index in [0.29, 0.717) is 12.8 Å². The summed E-state index contributed by atoms with van der Waals surface area (Å²) in [6.07, 6.45) is 46.3. The summed E-state index contributed by atoms with van der Waals surface area (Å²) in [6, 6.07) is -1.52. The molecule has 59 heavy (non-hydrogen) atoms. The molecule has 4 N–H and O–H groups in total. The Bertz CT molecular complexity index is 1140. The quantitative estimate of drug-likeness (QED) is 0.0230. The maximum Gasteiger partial charge on any atom is 0.472 e. The molecule has 344 valence electrons.